The maximum atomic E-state index is 14.0. The average Bonchev–Trinajstić information content (AvgIpc) is 3.44. The molecule has 2 aliphatic rings. The predicted molar refractivity (Wildman–Crippen MR) is 123 cm³/mol. The minimum atomic E-state index is -4.84. The molecule has 2 aliphatic heterocycles. The minimum absolute atomic E-state index is 0.158. The molecule has 0 bridgehead atoms. The molecule has 3 aromatic rings. The first-order valence-electron chi connectivity index (χ1n) is 11.8. The van der Waals surface area contributed by atoms with Crippen LogP contribution in [0.4, 0.5) is 18.9 Å². The number of rotatable bonds is 5. The quantitative estimate of drug-likeness (QED) is 0.507. The number of aromatic nitrogens is 4. The second-order valence-electron chi connectivity index (χ2n) is 9.03. The molecule has 0 aliphatic carbocycles. The van der Waals surface area contributed by atoms with E-state index in [4.69, 9.17) is 14.0 Å². The summed E-state index contributed by atoms with van der Waals surface area (Å²) in [7, 11) is 0. The highest BCUT2D eigenvalue weighted by Crippen LogP contribution is 2.36. The van der Waals surface area contributed by atoms with Crippen LogP contribution in [0.2, 0.25) is 0 Å². The normalized spacial score (nSPS) is 20.6. The number of hydrogen-bond donors (Lipinski definition) is 0. The second kappa shape index (κ2) is 9.57. The number of pyridine rings is 1. The topological polar surface area (TPSA) is 95.5 Å². The van der Waals surface area contributed by atoms with Gasteiger partial charge in [-0.15, -0.1) is 0 Å². The van der Waals surface area contributed by atoms with Crippen LogP contribution in [0.25, 0.3) is 11.1 Å². The number of nitrogens with zero attached hydrogens (tertiary/aromatic N) is 5. The molecule has 192 valence electrons. The van der Waals surface area contributed by atoms with Crippen molar-refractivity contribution in [3.05, 3.63) is 51.9 Å². The molecule has 2 fully saturated rings. The van der Waals surface area contributed by atoms with Gasteiger partial charge in [-0.2, -0.15) is 18.3 Å². The molecule has 9 nitrogen and oxygen atoms in total. The molecule has 36 heavy (non-hydrogen) atoms. The summed E-state index contributed by atoms with van der Waals surface area (Å²) in [5.74, 6) is 1.01. The standard InChI is InChI=1S/C24H26F3N5O4/c1-14-21(15(2)36-30-14)16-6-8-28-19(11-16)35-17-7-9-31(13-17)18-12-29-32(20-5-3-4-10-34-20)23(33)22(18)24(25,26)27/h6,8,11-12,17,20H,3-5,7,9-10,13H2,1-2H3/t17-,20?/m1/s1. The van der Waals surface area contributed by atoms with Gasteiger partial charge in [0.2, 0.25) is 5.88 Å². The minimum Gasteiger partial charge on any atom is -0.472 e. The largest absolute Gasteiger partial charge is 0.472 e. The summed E-state index contributed by atoms with van der Waals surface area (Å²) in [6.07, 6.45) is -0.849. The molecule has 3 aromatic heterocycles. The van der Waals surface area contributed by atoms with Crippen LogP contribution in [0.5, 0.6) is 5.88 Å². The molecule has 5 heterocycles. The lowest BCUT2D eigenvalue weighted by Gasteiger charge is -2.26. The van der Waals surface area contributed by atoms with Crippen LogP contribution in [0, 0.1) is 13.8 Å². The van der Waals surface area contributed by atoms with Crippen LogP contribution >= 0.6 is 0 Å². The van der Waals surface area contributed by atoms with E-state index in [1.54, 1.807) is 12.3 Å². The molecule has 2 saturated heterocycles. The Labute approximate surface area is 204 Å². The van der Waals surface area contributed by atoms with Gasteiger partial charge in [0.1, 0.15) is 17.4 Å². The molecule has 0 aromatic carbocycles. The number of anilines is 1. The van der Waals surface area contributed by atoms with Crippen molar-refractivity contribution in [1.29, 1.82) is 0 Å². The van der Waals surface area contributed by atoms with Crippen LogP contribution in [-0.4, -0.2) is 45.7 Å². The molecular weight excluding hydrogens is 479 g/mol. The Bertz CT molecular complexity index is 1280. The Morgan fingerprint density at radius 1 is 1.19 bits per heavy atom. The van der Waals surface area contributed by atoms with Gasteiger partial charge in [0.15, 0.2) is 6.23 Å². The van der Waals surface area contributed by atoms with E-state index < -0.39 is 29.6 Å². The molecule has 12 heteroatoms. The SMILES string of the molecule is Cc1noc(C)c1-c1ccnc(O[C@@H]2CCN(c3cnn(C4CCCCO4)c(=O)c3C(F)(F)F)C2)c1. The van der Waals surface area contributed by atoms with Crippen LogP contribution in [0.1, 0.15) is 48.9 Å². The van der Waals surface area contributed by atoms with Crippen molar-refractivity contribution >= 4 is 5.69 Å². The zero-order chi connectivity index (χ0) is 25.4. The Kier molecular flexibility index (Phi) is 6.45. The summed E-state index contributed by atoms with van der Waals surface area (Å²) in [5.41, 5.74) is -0.266. The van der Waals surface area contributed by atoms with Crippen molar-refractivity contribution in [2.75, 3.05) is 24.6 Å². The number of hydrogen-bond acceptors (Lipinski definition) is 8. The first kappa shape index (κ1) is 24.3. The van der Waals surface area contributed by atoms with Gasteiger partial charge in [0.25, 0.3) is 5.56 Å². The number of ether oxygens (including phenoxy) is 2. The molecule has 0 saturated carbocycles. The maximum absolute atomic E-state index is 14.0. The summed E-state index contributed by atoms with van der Waals surface area (Å²) in [4.78, 5) is 18.6. The highest BCUT2D eigenvalue weighted by Gasteiger charge is 2.41. The van der Waals surface area contributed by atoms with E-state index in [0.717, 1.165) is 40.5 Å². The van der Waals surface area contributed by atoms with Gasteiger partial charge in [-0.25, -0.2) is 9.67 Å². The maximum Gasteiger partial charge on any atom is 0.423 e. The van der Waals surface area contributed by atoms with Gasteiger partial charge in [-0.1, -0.05) is 5.16 Å². The lowest BCUT2D eigenvalue weighted by molar-refractivity contribution is -0.139. The van der Waals surface area contributed by atoms with Crippen molar-refractivity contribution in [3.63, 3.8) is 0 Å². The Balaban J connectivity index is 1.36. The third-order valence-corrected chi connectivity index (χ3v) is 6.52. The van der Waals surface area contributed by atoms with E-state index in [1.165, 1.54) is 4.90 Å². The molecule has 2 atom stereocenters. The summed E-state index contributed by atoms with van der Waals surface area (Å²) >= 11 is 0. The van der Waals surface area contributed by atoms with Crippen LogP contribution in [0.3, 0.4) is 0 Å². The van der Waals surface area contributed by atoms with Crippen molar-refractivity contribution in [2.24, 2.45) is 0 Å². The van der Waals surface area contributed by atoms with E-state index in [0.29, 0.717) is 31.1 Å². The predicted octanol–water partition coefficient (Wildman–Crippen LogP) is 4.29. The molecule has 0 radical (unpaired) electrons. The summed E-state index contributed by atoms with van der Waals surface area (Å²) in [6, 6.07) is 3.57. The highest BCUT2D eigenvalue weighted by molar-refractivity contribution is 5.68. The molecule has 0 N–H and O–H groups in total. The summed E-state index contributed by atoms with van der Waals surface area (Å²) in [6.45, 7) is 4.47. The Hall–Kier alpha value is -3.41. The van der Waals surface area contributed by atoms with Crippen molar-refractivity contribution in [3.8, 4) is 17.0 Å². The molecule has 1 unspecified atom stereocenters. The van der Waals surface area contributed by atoms with Gasteiger partial charge >= 0.3 is 6.18 Å². The molecule has 0 amide bonds. The average molecular weight is 505 g/mol. The fraction of sp³-hybridized carbons (Fsp3) is 0.500. The number of alkyl halides is 3. The Morgan fingerprint density at radius 2 is 2.03 bits per heavy atom. The van der Waals surface area contributed by atoms with E-state index >= 15 is 0 Å². The fourth-order valence-corrected chi connectivity index (χ4v) is 4.82. The van der Waals surface area contributed by atoms with Gasteiger partial charge in [-0.05, 0) is 44.7 Å². The molecular formula is C24H26F3N5O4. The first-order chi connectivity index (χ1) is 17.2. The van der Waals surface area contributed by atoms with Crippen molar-refractivity contribution in [1.82, 2.24) is 19.9 Å². The molecule has 5 rings (SSSR count). The zero-order valence-electron chi connectivity index (χ0n) is 19.9. The molecule has 0 spiro atoms. The van der Waals surface area contributed by atoms with Crippen LogP contribution in [-0.2, 0) is 10.9 Å². The number of aryl methyl sites for hydroxylation is 2. The number of halogens is 3. The van der Waals surface area contributed by atoms with E-state index in [2.05, 4.69) is 15.2 Å². The lowest BCUT2D eigenvalue weighted by Crippen LogP contribution is -2.38. The van der Waals surface area contributed by atoms with Gasteiger partial charge in [0.05, 0.1) is 24.1 Å². The van der Waals surface area contributed by atoms with Gasteiger partial charge in [0, 0.05) is 37.4 Å². The van der Waals surface area contributed by atoms with Crippen molar-refractivity contribution in [2.45, 2.75) is 58.0 Å². The summed E-state index contributed by atoms with van der Waals surface area (Å²) in [5, 5.41) is 8.02. The Morgan fingerprint density at radius 3 is 2.72 bits per heavy atom. The van der Waals surface area contributed by atoms with E-state index in [9.17, 15) is 18.0 Å². The fourth-order valence-electron chi connectivity index (χ4n) is 4.82. The zero-order valence-corrected chi connectivity index (χ0v) is 19.9. The third-order valence-electron chi connectivity index (χ3n) is 6.52. The third kappa shape index (κ3) is 4.69. The lowest BCUT2D eigenvalue weighted by atomic mass is 10.1. The van der Waals surface area contributed by atoms with Crippen LogP contribution in [0.15, 0.2) is 33.8 Å². The van der Waals surface area contributed by atoms with E-state index in [-0.39, 0.29) is 18.8 Å². The van der Waals surface area contributed by atoms with Gasteiger partial charge < -0.3 is 18.9 Å². The smallest absolute Gasteiger partial charge is 0.423 e. The van der Waals surface area contributed by atoms with Gasteiger partial charge in [-0.3, -0.25) is 4.79 Å². The first-order valence-corrected chi connectivity index (χ1v) is 11.8. The van der Waals surface area contributed by atoms with E-state index in [1.807, 2.05) is 19.9 Å². The highest BCUT2D eigenvalue weighted by atomic mass is 19.4. The summed E-state index contributed by atoms with van der Waals surface area (Å²) < 4.78 is 59.7. The van der Waals surface area contributed by atoms with Crippen LogP contribution < -0.4 is 15.2 Å². The second-order valence-corrected chi connectivity index (χ2v) is 9.03. The monoisotopic (exact) mass is 505 g/mol. The van der Waals surface area contributed by atoms with Crippen molar-refractivity contribution < 1.29 is 27.2 Å².